The zero-order chi connectivity index (χ0) is 16.2. The van der Waals surface area contributed by atoms with Gasteiger partial charge in [0.05, 0.1) is 0 Å². The lowest BCUT2D eigenvalue weighted by Crippen LogP contribution is -2.38. The largest absolute Gasteiger partial charge is 0.382 e. The second-order valence-electron chi connectivity index (χ2n) is 4.87. The third-order valence-corrected chi connectivity index (χ3v) is 2.93. The van der Waals surface area contributed by atoms with Crippen LogP contribution in [0.2, 0.25) is 0 Å². The van der Waals surface area contributed by atoms with E-state index in [2.05, 4.69) is 15.6 Å². The third-order valence-electron chi connectivity index (χ3n) is 2.93. The Bertz CT molecular complexity index is 495. The number of hydrogen-bond donors (Lipinski definition) is 3. The van der Waals surface area contributed by atoms with Gasteiger partial charge in [0.2, 0.25) is 0 Å². The first-order chi connectivity index (χ1) is 10.6. The van der Waals surface area contributed by atoms with Gasteiger partial charge in [0, 0.05) is 38.4 Å². The Balaban J connectivity index is 0.00000484. The lowest BCUT2D eigenvalue weighted by atomic mass is 10.1. The van der Waals surface area contributed by atoms with Gasteiger partial charge < -0.3 is 21.1 Å². The summed E-state index contributed by atoms with van der Waals surface area (Å²) in [5.41, 5.74) is 7.45. The van der Waals surface area contributed by atoms with Gasteiger partial charge in [-0.2, -0.15) is 0 Å². The molecule has 0 aromatic heterocycles. The number of halogens is 1. The number of carbonyl (C=O) groups is 1. The van der Waals surface area contributed by atoms with Crippen LogP contribution in [0.4, 0.5) is 0 Å². The number of rotatable bonds is 9. The highest BCUT2D eigenvalue weighted by Gasteiger charge is 2.04. The summed E-state index contributed by atoms with van der Waals surface area (Å²) >= 11 is 0. The molecule has 23 heavy (non-hydrogen) atoms. The van der Waals surface area contributed by atoms with E-state index < -0.39 is 0 Å². The second-order valence-corrected chi connectivity index (χ2v) is 4.87. The van der Waals surface area contributed by atoms with Crippen LogP contribution in [0, 0.1) is 6.92 Å². The van der Waals surface area contributed by atoms with Crippen molar-refractivity contribution < 1.29 is 9.53 Å². The fraction of sp³-hybridized carbons (Fsp3) is 0.500. The Hall–Kier alpha value is -1.35. The summed E-state index contributed by atoms with van der Waals surface area (Å²) < 4.78 is 5.21. The van der Waals surface area contributed by atoms with Crippen LogP contribution in [-0.4, -0.2) is 44.7 Å². The van der Waals surface area contributed by atoms with E-state index in [-0.39, 0.29) is 29.9 Å². The number of nitrogens with zero attached hydrogens (tertiary/aromatic N) is 1. The van der Waals surface area contributed by atoms with Crippen molar-refractivity contribution in [2.24, 2.45) is 10.7 Å². The molecule has 0 spiro atoms. The first kappa shape index (κ1) is 21.6. The predicted molar refractivity (Wildman–Crippen MR) is 105 cm³/mol. The van der Waals surface area contributed by atoms with Crippen molar-refractivity contribution >= 4 is 35.8 Å². The molecule has 7 heteroatoms. The average molecular weight is 434 g/mol. The minimum Gasteiger partial charge on any atom is -0.382 e. The summed E-state index contributed by atoms with van der Waals surface area (Å²) in [4.78, 5) is 16.1. The van der Waals surface area contributed by atoms with Crippen LogP contribution < -0.4 is 16.4 Å². The molecule has 1 aromatic carbocycles. The highest BCUT2D eigenvalue weighted by molar-refractivity contribution is 14.0. The number of carbonyl (C=O) groups excluding carboxylic acids is 1. The van der Waals surface area contributed by atoms with Crippen LogP contribution in [0.5, 0.6) is 0 Å². The van der Waals surface area contributed by atoms with Gasteiger partial charge in [0.25, 0.3) is 5.91 Å². The molecule has 0 heterocycles. The first-order valence-electron chi connectivity index (χ1n) is 7.60. The number of nitrogens with one attached hydrogen (secondary N) is 2. The number of nitrogens with two attached hydrogens (primary N) is 1. The monoisotopic (exact) mass is 434 g/mol. The van der Waals surface area contributed by atoms with Gasteiger partial charge in [-0.15, -0.1) is 24.0 Å². The Labute approximate surface area is 155 Å². The molecule has 6 nitrogen and oxygen atoms in total. The quantitative estimate of drug-likeness (QED) is 0.239. The van der Waals surface area contributed by atoms with Crippen molar-refractivity contribution in [3.63, 3.8) is 0 Å². The van der Waals surface area contributed by atoms with E-state index in [1.165, 1.54) is 0 Å². The van der Waals surface area contributed by atoms with Crippen molar-refractivity contribution in [2.75, 3.05) is 32.8 Å². The van der Waals surface area contributed by atoms with Gasteiger partial charge in [-0.1, -0.05) is 17.7 Å². The van der Waals surface area contributed by atoms with Crippen LogP contribution in [-0.2, 0) is 4.74 Å². The SMILES string of the molecule is CCOCCCN=C(N)NCCNC(=O)c1cccc(C)c1.I. The van der Waals surface area contributed by atoms with E-state index in [0.29, 0.717) is 37.8 Å². The van der Waals surface area contributed by atoms with Crippen LogP contribution in [0.3, 0.4) is 0 Å². The van der Waals surface area contributed by atoms with E-state index in [1.54, 1.807) is 6.07 Å². The highest BCUT2D eigenvalue weighted by Crippen LogP contribution is 2.03. The second kappa shape index (κ2) is 13.1. The molecule has 4 N–H and O–H groups in total. The number of ether oxygens (including phenoxy) is 1. The molecule has 1 aromatic rings. The van der Waals surface area contributed by atoms with Crippen LogP contribution in [0.15, 0.2) is 29.3 Å². The third kappa shape index (κ3) is 10.1. The lowest BCUT2D eigenvalue weighted by molar-refractivity contribution is 0.0954. The van der Waals surface area contributed by atoms with Crippen molar-refractivity contribution in [1.82, 2.24) is 10.6 Å². The minimum atomic E-state index is -0.0854. The van der Waals surface area contributed by atoms with Gasteiger partial charge in [-0.05, 0) is 32.4 Å². The maximum atomic E-state index is 11.9. The Kier molecular flexibility index (Phi) is 12.4. The van der Waals surface area contributed by atoms with E-state index in [0.717, 1.165) is 18.6 Å². The number of guanidine groups is 1. The van der Waals surface area contributed by atoms with Crippen LogP contribution in [0.1, 0.15) is 29.3 Å². The maximum Gasteiger partial charge on any atom is 0.251 e. The molecule has 0 aliphatic carbocycles. The molecule has 0 saturated carbocycles. The summed E-state index contributed by atoms with van der Waals surface area (Å²) in [6.45, 7) is 7.00. The Morgan fingerprint density at radius 1 is 1.30 bits per heavy atom. The van der Waals surface area contributed by atoms with Gasteiger partial charge in [-0.3, -0.25) is 9.79 Å². The molecule has 0 fully saturated rings. The van der Waals surface area contributed by atoms with Gasteiger partial charge in [0.15, 0.2) is 5.96 Å². The van der Waals surface area contributed by atoms with E-state index >= 15 is 0 Å². The summed E-state index contributed by atoms with van der Waals surface area (Å²) in [5, 5.41) is 5.80. The molecule has 0 radical (unpaired) electrons. The summed E-state index contributed by atoms with van der Waals surface area (Å²) in [5.74, 6) is 0.305. The van der Waals surface area contributed by atoms with Crippen LogP contribution in [0.25, 0.3) is 0 Å². The van der Waals surface area contributed by atoms with Crippen molar-refractivity contribution in [3.8, 4) is 0 Å². The molecule has 130 valence electrons. The lowest BCUT2D eigenvalue weighted by Gasteiger charge is -2.08. The van der Waals surface area contributed by atoms with Gasteiger partial charge in [0.1, 0.15) is 0 Å². The number of hydrogen-bond acceptors (Lipinski definition) is 3. The highest BCUT2D eigenvalue weighted by atomic mass is 127. The summed E-state index contributed by atoms with van der Waals surface area (Å²) in [6.07, 6.45) is 0.848. The number of amides is 1. The fourth-order valence-electron chi connectivity index (χ4n) is 1.82. The Morgan fingerprint density at radius 3 is 2.74 bits per heavy atom. The molecule has 0 aliphatic heterocycles. The van der Waals surface area contributed by atoms with E-state index in [4.69, 9.17) is 10.5 Å². The molecule has 0 aliphatic rings. The number of aliphatic imine (C=N–C) groups is 1. The van der Waals surface area contributed by atoms with Crippen molar-refractivity contribution in [1.29, 1.82) is 0 Å². The van der Waals surface area contributed by atoms with Crippen molar-refractivity contribution in [2.45, 2.75) is 20.3 Å². The average Bonchev–Trinajstić information content (AvgIpc) is 2.51. The number of benzene rings is 1. The number of aryl methyl sites for hydroxylation is 1. The molecule has 0 atom stereocenters. The van der Waals surface area contributed by atoms with Crippen LogP contribution >= 0.6 is 24.0 Å². The minimum absolute atomic E-state index is 0. The topological polar surface area (TPSA) is 88.7 Å². The molecule has 0 bridgehead atoms. The van der Waals surface area contributed by atoms with Crippen molar-refractivity contribution in [3.05, 3.63) is 35.4 Å². The van der Waals surface area contributed by atoms with Gasteiger partial charge >= 0.3 is 0 Å². The maximum absolute atomic E-state index is 11.9. The summed E-state index contributed by atoms with van der Waals surface area (Å²) in [6, 6.07) is 7.48. The van der Waals surface area contributed by atoms with E-state index in [1.807, 2.05) is 32.0 Å². The zero-order valence-corrected chi connectivity index (χ0v) is 16.1. The van der Waals surface area contributed by atoms with Gasteiger partial charge in [-0.25, -0.2) is 0 Å². The fourth-order valence-corrected chi connectivity index (χ4v) is 1.82. The van der Waals surface area contributed by atoms with E-state index in [9.17, 15) is 4.79 Å². The molecule has 1 amide bonds. The molecule has 1 rings (SSSR count). The standard InChI is InChI=1S/C16H26N4O2.HI/c1-3-22-11-5-8-19-16(17)20-10-9-18-15(21)14-7-4-6-13(2)12-14;/h4,6-7,12H,3,5,8-11H2,1-2H3,(H,18,21)(H3,17,19,20);1H. The predicted octanol–water partition coefficient (Wildman–Crippen LogP) is 1.67. The summed E-state index contributed by atoms with van der Waals surface area (Å²) in [7, 11) is 0. The Morgan fingerprint density at radius 2 is 2.04 bits per heavy atom. The first-order valence-corrected chi connectivity index (χ1v) is 7.60. The molecular weight excluding hydrogens is 407 g/mol. The zero-order valence-electron chi connectivity index (χ0n) is 13.8. The normalized spacial score (nSPS) is 10.8. The molecule has 0 saturated heterocycles. The molecule has 0 unspecified atom stereocenters. The molecular formula is C16H27IN4O2. The smallest absolute Gasteiger partial charge is 0.251 e.